The molecule has 0 aromatic carbocycles. The van der Waals surface area contributed by atoms with Gasteiger partial charge in [-0.15, -0.1) is 11.8 Å². The number of allylic oxidation sites excluding steroid dienone is 3. The van der Waals surface area contributed by atoms with Gasteiger partial charge in [-0.05, 0) is 18.1 Å². The first kappa shape index (κ1) is 17.1. The van der Waals surface area contributed by atoms with Crippen LogP contribution in [-0.2, 0) is 0 Å². The second-order valence-corrected chi connectivity index (χ2v) is 2.27. The second-order valence-electron chi connectivity index (χ2n) is 1.22. The second kappa shape index (κ2) is 22.5. The molecule has 0 saturated carbocycles. The van der Waals surface area contributed by atoms with Gasteiger partial charge in [0.05, 0.1) is 0 Å². The Morgan fingerprint density at radius 3 is 1.64 bits per heavy atom. The van der Waals surface area contributed by atoms with Crippen LogP contribution in [0.15, 0.2) is 23.6 Å². The third kappa shape index (κ3) is 25.8. The average molecular weight is 174 g/mol. The fourth-order valence-electron chi connectivity index (χ4n) is 0.234. The molecule has 68 valence electrons. The Bertz CT molecular complexity index is 82.9. The maximum atomic E-state index is 3.56. The minimum atomic E-state index is 1.30. The van der Waals surface area contributed by atoms with Crippen LogP contribution in [0.1, 0.15) is 34.6 Å². The molecule has 0 saturated heterocycles. The van der Waals surface area contributed by atoms with Crippen LogP contribution in [0.4, 0.5) is 0 Å². The summed E-state index contributed by atoms with van der Waals surface area (Å²) in [5.74, 6) is 0. The van der Waals surface area contributed by atoms with E-state index in [1.54, 1.807) is 17.8 Å². The van der Waals surface area contributed by atoms with Gasteiger partial charge in [-0.2, -0.15) is 0 Å². The van der Waals surface area contributed by atoms with Gasteiger partial charge in [0.2, 0.25) is 0 Å². The number of hydrogen-bond acceptors (Lipinski definition) is 1. The summed E-state index contributed by atoms with van der Waals surface area (Å²) in [5, 5.41) is 0. The Hall–Kier alpha value is -0.170. The summed E-state index contributed by atoms with van der Waals surface area (Å²) in [6, 6.07) is 0. The summed E-state index contributed by atoms with van der Waals surface area (Å²) in [4.78, 5) is 1.30. The maximum absolute atomic E-state index is 3.56. The highest BCUT2D eigenvalue weighted by Gasteiger charge is 1.75. The van der Waals surface area contributed by atoms with Gasteiger partial charge in [0.25, 0.3) is 0 Å². The Morgan fingerprint density at radius 1 is 1.18 bits per heavy atom. The zero-order valence-electron chi connectivity index (χ0n) is 8.77. The highest BCUT2D eigenvalue weighted by Crippen LogP contribution is 2.07. The first-order valence-electron chi connectivity index (χ1n) is 4.14. The van der Waals surface area contributed by atoms with E-state index in [-0.39, 0.29) is 0 Å². The molecule has 0 bridgehead atoms. The lowest BCUT2D eigenvalue weighted by Gasteiger charge is -1.85. The third-order valence-electron chi connectivity index (χ3n) is 0.675. The lowest BCUT2D eigenvalue weighted by atomic mass is 10.5. The van der Waals surface area contributed by atoms with Crippen molar-refractivity contribution in [1.82, 2.24) is 0 Å². The predicted octanol–water partition coefficient (Wildman–Crippen LogP) is 4.49. The largest absolute Gasteiger partial charge is 0.134 e. The molecule has 0 nitrogen and oxygen atoms in total. The number of thioether (sulfide) groups is 1. The SMILES string of the molecule is C=C/C=C(/C)SC.CC.CC. The van der Waals surface area contributed by atoms with Gasteiger partial charge in [-0.3, -0.25) is 0 Å². The van der Waals surface area contributed by atoms with Crippen molar-refractivity contribution in [2.75, 3.05) is 6.26 Å². The zero-order chi connectivity index (χ0) is 9.70. The van der Waals surface area contributed by atoms with E-state index in [2.05, 4.69) is 19.8 Å². The van der Waals surface area contributed by atoms with E-state index in [1.165, 1.54) is 4.91 Å². The predicted molar refractivity (Wildman–Crippen MR) is 60.2 cm³/mol. The average Bonchev–Trinajstić information content (AvgIpc) is 2.12. The van der Waals surface area contributed by atoms with E-state index in [0.29, 0.717) is 0 Å². The van der Waals surface area contributed by atoms with E-state index in [0.717, 1.165) is 0 Å². The van der Waals surface area contributed by atoms with Gasteiger partial charge in [0.15, 0.2) is 0 Å². The minimum Gasteiger partial charge on any atom is -0.134 e. The van der Waals surface area contributed by atoms with Gasteiger partial charge in [-0.25, -0.2) is 0 Å². The fourth-order valence-corrected chi connectivity index (χ4v) is 0.466. The zero-order valence-corrected chi connectivity index (χ0v) is 9.59. The summed E-state index contributed by atoms with van der Waals surface area (Å²) >= 11 is 1.74. The maximum Gasteiger partial charge on any atom is -0.0140 e. The molecule has 0 heterocycles. The van der Waals surface area contributed by atoms with Crippen LogP contribution in [0.2, 0.25) is 0 Å². The van der Waals surface area contributed by atoms with Gasteiger partial charge in [0, 0.05) is 0 Å². The van der Waals surface area contributed by atoms with E-state index in [9.17, 15) is 0 Å². The molecule has 0 aromatic rings. The van der Waals surface area contributed by atoms with Crippen molar-refractivity contribution in [2.24, 2.45) is 0 Å². The van der Waals surface area contributed by atoms with Crippen LogP contribution in [0.3, 0.4) is 0 Å². The smallest absolute Gasteiger partial charge is 0.0140 e. The number of hydrogen-bond donors (Lipinski definition) is 0. The van der Waals surface area contributed by atoms with Crippen molar-refractivity contribution in [3.05, 3.63) is 23.6 Å². The van der Waals surface area contributed by atoms with Crippen LogP contribution in [0, 0.1) is 0 Å². The minimum absolute atomic E-state index is 1.30. The van der Waals surface area contributed by atoms with E-state index >= 15 is 0 Å². The molecule has 0 fully saturated rings. The Kier molecular flexibility index (Phi) is 35.0. The molecule has 0 unspecified atom stereocenters. The lowest BCUT2D eigenvalue weighted by Crippen LogP contribution is -1.58. The molecule has 0 aliphatic carbocycles. The molecule has 1 heteroatoms. The van der Waals surface area contributed by atoms with Crippen LogP contribution in [0.25, 0.3) is 0 Å². The van der Waals surface area contributed by atoms with E-state index < -0.39 is 0 Å². The van der Waals surface area contributed by atoms with Crippen LogP contribution < -0.4 is 0 Å². The van der Waals surface area contributed by atoms with Gasteiger partial charge in [-0.1, -0.05) is 46.4 Å². The Balaban J connectivity index is -0.000000138. The Labute approximate surface area is 76.8 Å². The molecule has 0 rings (SSSR count). The summed E-state index contributed by atoms with van der Waals surface area (Å²) in [5.41, 5.74) is 0. The summed E-state index contributed by atoms with van der Waals surface area (Å²) < 4.78 is 0. The number of rotatable bonds is 2. The molecule has 11 heavy (non-hydrogen) atoms. The molecule has 0 spiro atoms. The molecular formula is C10H22S. The molecular weight excluding hydrogens is 152 g/mol. The van der Waals surface area contributed by atoms with Gasteiger partial charge < -0.3 is 0 Å². The fraction of sp³-hybridized carbons (Fsp3) is 0.600. The molecule has 0 aromatic heterocycles. The normalized spacial score (nSPS) is 8.36. The van der Waals surface area contributed by atoms with Crippen molar-refractivity contribution in [3.8, 4) is 0 Å². The monoisotopic (exact) mass is 174 g/mol. The topological polar surface area (TPSA) is 0 Å². The first-order valence-corrected chi connectivity index (χ1v) is 5.37. The third-order valence-corrected chi connectivity index (χ3v) is 1.45. The highest BCUT2D eigenvalue weighted by atomic mass is 32.2. The summed E-state index contributed by atoms with van der Waals surface area (Å²) in [7, 11) is 0. The quantitative estimate of drug-likeness (QED) is 0.556. The summed E-state index contributed by atoms with van der Waals surface area (Å²) in [6.45, 7) is 13.6. The van der Waals surface area contributed by atoms with Crippen molar-refractivity contribution in [3.63, 3.8) is 0 Å². The van der Waals surface area contributed by atoms with Crippen LogP contribution in [0.5, 0.6) is 0 Å². The molecule has 0 N–H and O–H groups in total. The lowest BCUT2D eigenvalue weighted by molar-refractivity contribution is 1.50. The van der Waals surface area contributed by atoms with Crippen molar-refractivity contribution in [1.29, 1.82) is 0 Å². The molecule has 0 aliphatic rings. The first-order chi connectivity index (χ1) is 5.31. The van der Waals surface area contributed by atoms with Crippen molar-refractivity contribution in [2.45, 2.75) is 34.6 Å². The van der Waals surface area contributed by atoms with Crippen molar-refractivity contribution < 1.29 is 0 Å². The van der Waals surface area contributed by atoms with E-state index in [1.807, 2.05) is 33.8 Å². The van der Waals surface area contributed by atoms with Gasteiger partial charge in [0.1, 0.15) is 0 Å². The van der Waals surface area contributed by atoms with E-state index in [4.69, 9.17) is 0 Å². The van der Waals surface area contributed by atoms with Gasteiger partial charge >= 0.3 is 0 Å². The molecule has 0 radical (unpaired) electrons. The Morgan fingerprint density at radius 2 is 1.55 bits per heavy atom. The standard InChI is InChI=1S/C6H10S.2C2H6/c1-4-5-6(2)7-3;2*1-2/h4-5H,1H2,2-3H3;2*1-2H3/b6-5-;;. The van der Waals surface area contributed by atoms with Crippen molar-refractivity contribution >= 4 is 11.8 Å². The molecule has 0 aliphatic heterocycles. The summed E-state index contributed by atoms with van der Waals surface area (Å²) in [6.07, 6.45) is 5.84. The van der Waals surface area contributed by atoms with Crippen LogP contribution >= 0.6 is 11.8 Å². The molecule has 0 amide bonds. The highest BCUT2D eigenvalue weighted by molar-refractivity contribution is 8.02. The van der Waals surface area contributed by atoms with Crippen LogP contribution in [-0.4, -0.2) is 6.26 Å². The molecule has 0 atom stereocenters.